The van der Waals surface area contributed by atoms with Crippen molar-refractivity contribution in [3.05, 3.63) is 27.2 Å². The Morgan fingerprint density at radius 2 is 1.75 bits per heavy atom. The van der Waals surface area contributed by atoms with Crippen LogP contribution in [0.1, 0.15) is 56.2 Å². The highest BCUT2D eigenvalue weighted by Gasteiger charge is 2.25. The summed E-state index contributed by atoms with van der Waals surface area (Å²) in [5, 5.41) is 14.3. The summed E-state index contributed by atoms with van der Waals surface area (Å²) in [4.78, 5) is 0.106. The lowest BCUT2D eigenvalue weighted by molar-refractivity contribution is 0.594. The van der Waals surface area contributed by atoms with E-state index >= 15 is 0 Å². The van der Waals surface area contributed by atoms with Gasteiger partial charge >= 0.3 is 0 Å². The van der Waals surface area contributed by atoms with Gasteiger partial charge in [-0.15, -0.1) is 0 Å². The average molecular weight is 359 g/mol. The zero-order valence-electron chi connectivity index (χ0n) is 12.1. The fraction of sp³-hybridized carbons (Fsp3) is 0.500. The maximum Gasteiger partial charge on any atom is 0.238 e. The van der Waals surface area contributed by atoms with Crippen molar-refractivity contribution in [3.63, 3.8) is 0 Å². The molecular weight excluding hydrogens is 340 g/mol. The quantitative estimate of drug-likeness (QED) is 0.894. The maximum atomic E-state index is 11.8. The SMILES string of the molecule is CC(C)c1c(CC#N)cc(S(N)(=O)=O)c(C(C)C)c1Br. The van der Waals surface area contributed by atoms with Gasteiger partial charge in [0.15, 0.2) is 0 Å². The van der Waals surface area contributed by atoms with E-state index in [1.807, 2.05) is 27.7 Å². The van der Waals surface area contributed by atoms with Crippen molar-refractivity contribution < 1.29 is 8.42 Å². The third-order valence-corrected chi connectivity index (χ3v) is 4.93. The van der Waals surface area contributed by atoms with E-state index in [0.29, 0.717) is 11.1 Å². The largest absolute Gasteiger partial charge is 0.238 e. The van der Waals surface area contributed by atoms with Gasteiger partial charge in [0.2, 0.25) is 10.0 Å². The molecular formula is C14H19BrN2O2S. The van der Waals surface area contributed by atoms with E-state index < -0.39 is 10.0 Å². The predicted molar refractivity (Wildman–Crippen MR) is 83.0 cm³/mol. The van der Waals surface area contributed by atoms with Crippen LogP contribution in [0.4, 0.5) is 0 Å². The molecule has 0 saturated carbocycles. The first-order valence-electron chi connectivity index (χ1n) is 6.36. The molecule has 0 bridgehead atoms. The van der Waals surface area contributed by atoms with Crippen LogP contribution in [0, 0.1) is 11.3 Å². The van der Waals surface area contributed by atoms with Crippen molar-refractivity contribution in [3.8, 4) is 6.07 Å². The number of hydrogen-bond donors (Lipinski definition) is 1. The van der Waals surface area contributed by atoms with Gasteiger partial charge < -0.3 is 0 Å². The van der Waals surface area contributed by atoms with Crippen LogP contribution in [0.15, 0.2) is 15.4 Å². The molecule has 0 amide bonds. The number of primary sulfonamides is 1. The van der Waals surface area contributed by atoms with Gasteiger partial charge in [-0.3, -0.25) is 0 Å². The molecule has 6 heteroatoms. The molecule has 1 rings (SSSR count). The summed E-state index contributed by atoms with van der Waals surface area (Å²) >= 11 is 3.52. The molecule has 110 valence electrons. The van der Waals surface area contributed by atoms with Crippen molar-refractivity contribution in [2.24, 2.45) is 5.14 Å². The summed E-state index contributed by atoms with van der Waals surface area (Å²) in [7, 11) is -3.82. The highest BCUT2D eigenvalue weighted by molar-refractivity contribution is 9.10. The Bertz CT molecular complexity index is 659. The second-order valence-corrected chi connectivity index (χ2v) is 7.69. The number of nitriles is 1. The summed E-state index contributed by atoms with van der Waals surface area (Å²) < 4.78 is 24.4. The van der Waals surface area contributed by atoms with E-state index in [-0.39, 0.29) is 23.2 Å². The number of sulfonamides is 1. The minimum absolute atomic E-state index is 0.00587. The Hall–Kier alpha value is -0.900. The summed E-state index contributed by atoms with van der Waals surface area (Å²) in [5.41, 5.74) is 2.36. The van der Waals surface area contributed by atoms with Crippen LogP contribution in [-0.2, 0) is 16.4 Å². The van der Waals surface area contributed by atoms with Crippen LogP contribution < -0.4 is 5.14 Å². The molecule has 2 N–H and O–H groups in total. The third kappa shape index (κ3) is 3.40. The number of benzene rings is 1. The zero-order chi connectivity index (χ0) is 15.7. The Balaban J connectivity index is 3.85. The lowest BCUT2D eigenvalue weighted by atomic mass is 9.90. The molecule has 0 unspecified atom stereocenters. The second kappa shape index (κ2) is 6.25. The van der Waals surface area contributed by atoms with Crippen molar-refractivity contribution in [2.45, 2.75) is 50.8 Å². The van der Waals surface area contributed by atoms with Crippen LogP contribution in [0.5, 0.6) is 0 Å². The van der Waals surface area contributed by atoms with Gasteiger partial charge in [0.1, 0.15) is 0 Å². The highest BCUT2D eigenvalue weighted by atomic mass is 79.9. The van der Waals surface area contributed by atoms with Crippen LogP contribution >= 0.6 is 15.9 Å². The number of rotatable bonds is 4. The lowest BCUT2D eigenvalue weighted by Gasteiger charge is -2.21. The van der Waals surface area contributed by atoms with Crippen molar-refractivity contribution in [2.75, 3.05) is 0 Å². The molecule has 1 aromatic rings. The molecule has 1 aromatic carbocycles. The van der Waals surface area contributed by atoms with Gasteiger partial charge in [0, 0.05) is 4.47 Å². The van der Waals surface area contributed by atoms with E-state index in [2.05, 4.69) is 22.0 Å². The van der Waals surface area contributed by atoms with Crippen LogP contribution in [0.25, 0.3) is 0 Å². The molecule has 0 aromatic heterocycles. The van der Waals surface area contributed by atoms with Gasteiger partial charge in [-0.1, -0.05) is 43.6 Å². The fourth-order valence-corrected chi connectivity index (χ4v) is 4.80. The Morgan fingerprint density at radius 3 is 2.10 bits per heavy atom. The van der Waals surface area contributed by atoms with Gasteiger partial charge in [-0.05, 0) is 34.6 Å². The minimum atomic E-state index is -3.82. The molecule has 0 saturated heterocycles. The van der Waals surface area contributed by atoms with Crippen molar-refractivity contribution in [1.29, 1.82) is 5.26 Å². The molecule has 0 spiro atoms. The van der Waals surface area contributed by atoms with E-state index in [9.17, 15) is 8.42 Å². The van der Waals surface area contributed by atoms with E-state index in [1.54, 1.807) is 6.07 Å². The summed E-state index contributed by atoms with van der Waals surface area (Å²) in [5.74, 6) is 0.186. The normalized spacial score (nSPS) is 11.9. The molecule has 0 fully saturated rings. The molecule has 0 aliphatic rings. The van der Waals surface area contributed by atoms with Gasteiger partial charge in [0.05, 0.1) is 17.4 Å². The molecule has 0 atom stereocenters. The van der Waals surface area contributed by atoms with Gasteiger partial charge in [-0.2, -0.15) is 5.26 Å². The maximum absolute atomic E-state index is 11.8. The number of hydrogen-bond acceptors (Lipinski definition) is 3. The van der Waals surface area contributed by atoms with Gasteiger partial charge in [0.25, 0.3) is 0 Å². The topological polar surface area (TPSA) is 83.9 Å². The van der Waals surface area contributed by atoms with E-state index in [4.69, 9.17) is 10.4 Å². The van der Waals surface area contributed by atoms with Crippen LogP contribution in [-0.4, -0.2) is 8.42 Å². The Labute approximate surface area is 129 Å². The molecule has 0 radical (unpaired) electrons. The summed E-state index contributed by atoms with van der Waals surface area (Å²) in [6.45, 7) is 7.87. The number of nitrogens with zero attached hydrogens (tertiary/aromatic N) is 1. The highest BCUT2D eigenvalue weighted by Crippen LogP contribution is 2.39. The van der Waals surface area contributed by atoms with E-state index in [0.717, 1.165) is 10.0 Å². The second-order valence-electron chi connectivity index (χ2n) is 5.36. The van der Waals surface area contributed by atoms with E-state index in [1.165, 1.54) is 0 Å². The molecule has 20 heavy (non-hydrogen) atoms. The van der Waals surface area contributed by atoms with Crippen LogP contribution in [0.3, 0.4) is 0 Å². The molecule has 0 aliphatic heterocycles. The first-order valence-corrected chi connectivity index (χ1v) is 8.70. The Kier molecular flexibility index (Phi) is 5.36. The standard InChI is InChI=1S/C14H19BrN2O2S/c1-8(2)12-10(5-6-16)7-11(20(17,18)19)13(9(3)4)14(12)15/h7-9H,5H2,1-4H3,(H2,17,18,19). The average Bonchev–Trinajstić information content (AvgIpc) is 2.26. The molecule has 0 aliphatic carbocycles. The molecule has 0 heterocycles. The van der Waals surface area contributed by atoms with Gasteiger partial charge in [-0.25, -0.2) is 13.6 Å². The number of nitrogens with two attached hydrogens (primary N) is 1. The predicted octanol–water partition coefficient (Wildman–Crippen LogP) is 3.41. The first-order chi connectivity index (χ1) is 9.11. The summed E-state index contributed by atoms with van der Waals surface area (Å²) in [6.07, 6.45) is 0.160. The Morgan fingerprint density at radius 1 is 1.25 bits per heavy atom. The smallest absolute Gasteiger partial charge is 0.225 e. The monoisotopic (exact) mass is 358 g/mol. The summed E-state index contributed by atoms with van der Waals surface area (Å²) in [6, 6.07) is 3.63. The zero-order valence-corrected chi connectivity index (χ0v) is 14.5. The minimum Gasteiger partial charge on any atom is -0.225 e. The molecule has 4 nitrogen and oxygen atoms in total. The van der Waals surface area contributed by atoms with Crippen molar-refractivity contribution in [1.82, 2.24) is 0 Å². The first kappa shape index (κ1) is 17.2. The van der Waals surface area contributed by atoms with Crippen molar-refractivity contribution >= 4 is 26.0 Å². The lowest BCUT2D eigenvalue weighted by Crippen LogP contribution is -2.17. The van der Waals surface area contributed by atoms with Crippen LogP contribution in [0.2, 0.25) is 0 Å². The third-order valence-electron chi connectivity index (χ3n) is 3.12. The number of halogens is 1. The fourth-order valence-electron chi connectivity index (χ4n) is 2.34.